The van der Waals surface area contributed by atoms with Crippen LogP contribution in [0.1, 0.15) is 6.42 Å². The maximum absolute atomic E-state index is 4.33. The van der Waals surface area contributed by atoms with Gasteiger partial charge < -0.3 is 4.57 Å². The summed E-state index contributed by atoms with van der Waals surface area (Å²) in [6.45, 7) is 4.62. The number of aryl methyl sites for hydroxylation is 1. The normalized spacial score (nSPS) is 10.1. The summed E-state index contributed by atoms with van der Waals surface area (Å²) in [4.78, 5) is 8.40. The van der Waals surface area contributed by atoms with Gasteiger partial charge >= 0.3 is 0 Å². The molecule has 0 atom stereocenters. The van der Waals surface area contributed by atoms with Gasteiger partial charge in [0.1, 0.15) is 0 Å². The van der Waals surface area contributed by atoms with Crippen LogP contribution in [0.15, 0.2) is 49.7 Å². The molecule has 2 heterocycles. The summed E-state index contributed by atoms with van der Waals surface area (Å²) in [5.74, 6) is 0. The van der Waals surface area contributed by atoms with Crippen molar-refractivity contribution in [2.75, 3.05) is 0 Å². The molecule has 0 aromatic carbocycles. The van der Waals surface area contributed by atoms with Crippen molar-refractivity contribution < 1.29 is 0 Å². The van der Waals surface area contributed by atoms with E-state index in [0.717, 1.165) is 24.2 Å². The fourth-order valence-electron chi connectivity index (χ4n) is 1.39. The summed E-state index contributed by atoms with van der Waals surface area (Å²) < 4.78 is 2.06. The second kappa shape index (κ2) is 4.55. The molecule has 0 amide bonds. The predicted octanol–water partition coefficient (Wildman–Crippen LogP) is 2.52. The van der Waals surface area contributed by atoms with Crippen LogP contribution >= 0.6 is 0 Å². The van der Waals surface area contributed by atoms with Crippen molar-refractivity contribution in [1.82, 2.24) is 14.5 Å². The van der Waals surface area contributed by atoms with Crippen molar-refractivity contribution in [3.05, 3.63) is 49.7 Å². The Labute approximate surface area is 89.1 Å². The molecule has 15 heavy (non-hydrogen) atoms. The molecule has 3 nitrogen and oxygen atoms in total. The summed E-state index contributed by atoms with van der Waals surface area (Å²) in [7, 11) is 0. The number of nitrogens with zero attached hydrogens (tertiary/aromatic N) is 3. The van der Waals surface area contributed by atoms with Gasteiger partial charge in [0, 0.05) is 30.7 Å². The standard InChI is InChI=1S/C12H13N3/c1-2-3-7-15-9-12(14-10-15)11-5-4-6-13-8-11/h2,4-6,8-10H,1,3,7H2. The van der Waals surface area contributed by atoms with E-state index in [0.29, 0.717) is 0 Å². The van der Waals surface area contributed by atoms with Crippen LogP contribution in [0.3, 0.4) is 0 Å². The zero-order chi connectivity index (χ0) is 10.5. The maximum Gasteiger partial charge on any atom is 0.0953 e. The lowest BCUT2D eigenvalue weighted by molar-refractivity contribution is 0.710. The second-order valence-electron chi connectivity index (χ2n) is 3.32. The van der Waals surface area contributed by atoms with Crippen molar-refractivity contribution in [3.8, 4) is 11.3 Å². The Morgan fingerprint density at radius 2 is 2.40 bits per heavy atom. The Hall–Kier alpha value is -1.90. The largest absolute Gasteiger partial charge is 0.337 e. The predicted molar refractivity (Wildman–Crippen MR) is 60.3 cm³/mol. The number of hydrogen-bond donors (Lipinski definition) is 0. The van der Waals surface area contributed by atoms with Crippen molar-refractivity contribution in [2.24, 2.45) is 0 Å². The average molecular weight is 199 g/mol. The van der Waals surface area contributed by atoms with E-state index in [1.165, 1.54) is 0 Å². The molecular formula is C12H13N3. The molecular weight excluding hydrogens is 186 g/mol. The van der Waals surface area contributed by atoms with Crippen LogP contribution in [0, 0.1) is 0 Å². The molecule has 0 saturated carbocycles. The summed E-state index contributed by atoms with van der Waals surface area (Å²) in [6.07, 6.45) is 10.3. The number of hydrogen-bond acceptors (Lipinski definition) is 2. The van der Waals surface area contributed by atoms with Gasteiger partial charge in [-0.25, -0.2) is 4.98 Å². The zero-order valence-corrected chi connectivity index (χ0v) is 8.50. The molecule has 0 aliphatic rings. The molecule has 2 aromatic heterocycles. The molecule has 2 aromatic rings. The smallest absolute Gasteiger partial charge is 0.0953 e. The fraction of sp³-hybridized carbons (Fsp3) is 0.167. The highest BCUT2D eigenvalue weighted by atomic mass is 15.0. The molecule has 0 radical (unpaired) electrons. The minimum atomic E-state index is 0.927. The van der Waals surface area contributed by atoms with E-state index in [9.17, 15) is 0 Å². The quantitative estimate of drug-likeness (QED) is 0.708. The van der Waals surface area contributed by atoms with E-state index in [2.05, 4.69) is 21.1 Å². The van der Waals surface area contributed by atoms with E-state index in [1.54, 1.807) is 6.20 Å². The van der Waals surface area contributed by atoms with Crippen LogP contribution in [0.5, 0.6) is 0 Å². The highest BCUT2D eigenvalue weighted by molar-refractivity contribution is 5.56. The van der Waals surface area contributed by atoms with E-state index in [1.807, 2.05) is 36.9 Å². The lowest BCUT2D eigenvalue weighted by Gasteiger charge is -1.96. The Morgan fingerprint density at radius 1 is 1.47 bits per heavy atom. The first kappa shape index (κ1) is 9.65. The number of aromatic nitrogens is 3. The van der Waals surface area contributed by atoms with E-state index in [-0.39, 0.29) is 0 Å². The molecule has 0 unspecified atom stereocenters. The van der Waals surface area contributed by atoms with Crippen LogP contribution in [0.25, 0.3) is 11.3 Å². The van der Waals surface area contributed by atoms with Crippen LogP contribution < -0.4 is 0 Å². The van der Waals surface area contributed by atoms with E-state index >= 15 is 0 Å². The molecule has 0 N–H and O–H groups in total. The first-order valence-corrected chi connectivity index (χ1v) is 4.93. The molecule has 76 valence electrons. The monoisotopic (exact) mass is 199 g/mol. The van der Waals surface area contributed by atoms with Gasteiger partial charge in [0.05, 0.1) is 12.0 Å². The number of rotatable bonds is 4. The summed E-state index contributed by atoms with van der Waals surface area (Å²) in [5.41, 5.74) is 2.02. The third-order valence-electron chi connectivity index (χ3n) is 2.18. The number of imidazole rings is 1. The highest BCUT2D eigenvalue weighted by Gasteiger charge is 2.00. The lowest BCUT2D eigenvalue weighted by atomic mass is 10.2. The first-order chi connectivity index (χ1) is 7.40. The summed E-state index contributed by atoms with van der Waals surface area (Å²) >= 11 is 0. The first-order valence-electron chi connectivity index (χ1n) is 4.93. The van der Waals surface area contributed by atoms with Crippen LogP contribution in [0.4, 0.5) is 0 Å². The molecule has 0 bridgehead atoms. The summed E-state index contributed by atoms with van der Waals surface area (Å²) in [5, 5.41) is 0. The molecule has 0 aliphatic carbocycles. The van der Waals surface area contributed by atoms with Crippen molar-refractivity contribution >= 4 is 0 Å². The molecule has 0 spiro atoms. The van der Waals surface area contributed by atoms with Gasteiger partial charge in [-0.3, -0.25) is 4.98 Å². The minimum absolute atomic E-state index is 0.927. The molecule has 3 heteroatoms. The number of pyridine rings is 1. The Morgan fingerprint density at radius 3 is 3.13 bits per heavy atom. The molecule has 0 aliphatic heterocycles. The third-order valence-corrected chi connectivity index (χ3v) is 2.18. The summed E-state index contributed by atoms with van der Waals surface area (Å²) in [6, 6.07) is 3.92. The van der Waals surface area contributed by atoms with Crippen LogP contribution in [-0.2, 0) is 6.54 Å². The number of allylic oxidation sites excluding steroid dienone is 1. The van der Waals surface area contributed by atoms with Crippen LogP contribution in [0.2, 0.25) is 0 Å². The van der Waals surface area contributed by atoms with Gasteiger partial charge in [0.15, 0.2) is 0 Å². The van der Waals surface area contributed by atoms with Gasteiger partial charge in [-0.1, -0.05) is 6.08 Å². The Bertz CT molecular complexity index is 431. The molecule has 0 saturated heterocycles. The second-order valence-corrected chi connectivity index (χ2v) is 3.32. The van der Waals surface area contributed by atoms with Gasteiger partial charge in [-0.15, -0.1) is 6.58 Å². The topological polar surface area (TPSA) is 30.7 Å². The van der Waals surface area contributed by atoms with Gasteiger partial charge in [-0.2, -0.15) is 0 Å². The van der Waals surface area contributed by atoms with Gasteiger partial charge in [0.25, 0.3) is 0 Å². The molecule has 0 fully saturated rings. The lowest BCUT2D eigenvalue weighted by Crippen LogP contribution is -1.91. The Kier molecular flexibility index (Phi) is 2.93. The van der Waals surface area contributed by atoms with Crippen molar-refractivity contribution in [3.63, 3.8) is 0 Å². The zero-order valence-electron chi connectivity index (χ0n) is 8.50. The van der Waals surface area contributed by atoms with Crippen LogP contribution in [-0.4, -0.2) is 14.5 Å². The van der Waals surface area contributed by atoms with E-state index in [4.69, 9.17) is 0 Å². The van der Waals surface area contributed by atoms with E-state index < -0.39 is 0 Å². The van der Waals surface area contributed by atoms with Crippen molar-refractivity contribution in [1.29, 1.82) is 0 Å². The maximum atomic E-state index is 4.33. The SMILES string of the molecule is C=CCCn1cnc(-c2cccnc2)c1. The molecule has 2 rings (SSSR count). The minimum Gasteiger partial charge on any atom is -0.337 e. The average Bonchev–Trinajstić information content (AvgIpc) is 2.76. The van der Waals surface area contributed by atoms with Gasteiger partial charge in [0.2, 0.25) is 0 Å². The third kappa shape index (κ3) is 2.31. The highest BCUT2D eigenvalue weighted by Crippen LogP contribution is 2.14. The van der Waals surface area contributed by atoms with Gasteiger partial charge in [-0.05, 0) is 18.6 Å². The van der Waals surface area contributed by atoms with Crippen molar-refractivity contribution in [2.45, 2.75) is 13.0 Å². The fourth-order valence-corrected chi connectivity index (χ4v) is 1.39. The Balaban J connectivity index is 2.17.